The Hall–Kier alpha value is -4.43. The summed E-state index contributed by atoms with van der Waals surface area (Å²) in [5.41, 5.74) is 1.28. The number of thiocarbonyl (C=S) groups is 1. The fourth-order valence-corrected chi connectivity index (χ4v) is 5.07. The Balaban J connectivity index is 1.16. The lowest BCUT2D eigenvalue weighted by Gasteiger charge is -2.36. The summed E-state index contributed by atoms with van der Waals surface area (Å²) < 4.78 is 32.5. The molecule has 0 amide bonds. The van der Waals surface area contributed by atoms with Crippen LogP contribution >= 0.6 is 12.2 Å². The van der Waals surface area contributed by atoms with Crippen LogP contribution in [0.1, 0.15) is 27.0 Å². The van der Waals surface area contributed by atoms with Crippen LogP contribution in [0, 0.1) is 0 Å². The number of methoxy groups -OCH3 is 1. The van der Waals surface area contributed by atoms with E-state index in [0.29, 0.717) is 77.5 Å². The minimum Gasteiger partial charge on any atom is -0.508 e. The number of aromatic hydroxyl groups is 2. The zero-order valence-corrected chi connectivity index (χ0v) is 24.0. The molecule has 0 aliphatic carbocycles. The van der Waals surface area contributed by atoms with E-state index in [0.717, 1.165) is 0 Å². The predicted octanol–water partition coefficient (Wildman–Crippen LogP) is 3.18. The van der Waals surface area contributed by atoms with Gasteiger partial charge in [0.1, 0.15) is 29.6 Å². The third kappa shape index (κ3) is 6.49. The van der Waals surface area contributed by atoms with Gasteiger partial charge < -0.3 is 49.3 Å². The molecule has 3 aromatic rings. The largest absolute Gasteiger partial charge is 0.508 e. The molecule has 5 rings (SSSR count). The number of benzene rings is 3. The van der Waals surface area contributed by atoms with Gasteiger partial charge in [-0.2, -0.15) is 0 Å². The van der Waals surface area contributed by atoms with E-state index in [1.807, 2.05) is 0 Å². The third-order valence-electron chi connectivity index (χ3n) is 6.75. The average molecular weight is 611 g/mol. The van der Waals surface area contributed by atoms with Crippen LogP contribution in [0.5, 0.6) is 23.0 Å². The fourth-order valence-electron chi connectivity index (χ4n) is 4.85. The van der Waals surface area contributed by atoms with Crippen LogP contribution in [0.4, 0.5) is 5.69 Å². The summed E-state index contributed by atoms with van der Waals surface area (Å²) in [5, 5.41) is 26.6. The average Bonchev–Trinajstić information content (AvgIpc) is 3.27. The smallest absolute Gasteiger partial charge is 0.340 e. The van der Waals surface area contributed by atoms with E-state index in [9.17, 15) is 19.8 Å². The number of ether oxygens (including phenoxy) is 6. The summed E-state index contributed by atoms with van der Waals surface area (Å²) in [5.74, 6) is -0.383. The van der Waals surface area contributed by atoms with Gasteiger partial charge in [0.15, 0.2) is 10.7 Å². The van der Waals surface area contributed by atoms with Crippen LogP contribution in [-0.2, 0) is 34.1 Å². The summed E-state index contributed by atoms with van der Waals surface area (Å²) in [6, 6.07) is 14.4. The highest BCUT2D eigenvalue weighted by Gasteiger charge is 2.53. The molecule has 4 N–H and O–H groups in total. The minimum atomic E-state index is -1.33. The highest BCUT2D eigenvalue weighted by Crippen LogP contribution is 2.57. The van der Waals surface area contributed by atoms with Gasteiger partial charge in [0.25, 0.3) is 0 Å². The first-order valence-corrected chi connectivity index (χ1v) is 13.8. The lowest BCUT2D eigenvalue weighted by molar-refractivity contribution is -0.146. The quantitative estimate of drug-likeness (QED) is 0.135. The summed E-state index contributed by atoms with van der Waals surface area (Å²) in [6.45, 7) is 2.09. The predicted molar refractivity (Wildman–Crippen MR) is 157 cm³/mol. The number of phenols is 2. The topological polar surface area (TPSA) is 154 Å². The zero-order chi connectivity index (χ0) is 30.4. The zero-order valence-electron chi connectivity index (χ0n) is 23.2. The van der Waals surface area contributed by atoms with Crippen LogP contribution in [0.15, 0.2) is 54.6 Å². The normalized spacial score (nSPS) is 13.7. The van der Waals surface area contributed by atoms with Crippen LogP contribution in [0.2, 0.25) is 0 Å². The molecular weight excluding hydrogens is 580 g/mol. The number of anilines is 1. The summed E-state index contributed by atoms with van der Waals surface area (Å²) >= 11 is 5.40. The molecule has 2 aliphatic heterocycles. The Bertz CT molecular complexity index is 1480. The van der Waals surface area contributed by atoms with E-state index in [2.05, 4.69) is 15.4 Å². The standard InChI is InChI=1S/C30H30N2O10S/c1-37-27(35)17-40-13-12-39-11-10-38-9-8-31-29(43)32-18-2-5-22-21(14-18)28(36)42-30(22)23-6-3-19(33)15-25(23)41-26-16-20(34)4-7-24(26)30/h2-7,14-16,33-34H,8-13,17H2,1H3,(H2,31,32,43). The van der Waals surface area contributed by atoms with Gasteiger partial charge in [0.05, 0.1) is 45.7 Å². The van der Waals surface area contributed by atoms with E-state index in [1.165, 1.54) is 31.4 Å². The van der Waals surface area contributed by atoms with E-state index in [4.69, 9.17) is 35.9 Å². The number of carbonyl (C=O) groups is 2. The number of rotatable bonds is 12. The molecule has 1 spiro atoms. The second-order valence-electron chi connectivity index (χ2n) is 9.53. The van der Waals surface area contributed by atoms with Gasteiger partial charge in [0.2, 0.25) is 0 Å². The first-order chi connectivity index (χ1) is 20.8. The van der Waals surface area contributed by atoms with E-state index in [-0.39, 0.29) is 24.7 Å². The first kappa shape index (κ1) is 30.0. The molecule has 2 aliphatic rings. The van der Waals surface area contributed by atoms with Crippen molar-refractivity contribution in [1.82, 2.24) is 5.32 Å². The van der Waals surface area contributed by atoms with Gasteiger partial charge in [-0.1, -0.05) is 6.07 Å². The Morgan fingerprint density at radius 1 is 0.860 bits per heavy atom. The summed E-state index contributed by atoms with van der Waals surface area (Å²) in [7, 11) is 1.30. The lowest BCUT2D eigenvalue weighted by atomic mass is 9.77. The highest BCUT2D eigenvalue weighted by atomic mass is 32.1. The minimum absolute atomic E-state index is 0.0134. The van der Waals surface area contributed by atoms with Crippen LogP contribution in [0.3, 0.4) is 0 Å². The van der Waals surface area contributed by atoms with Crippen LogP contribution < -0.4 is 15.4 Å². The maximum Gasteiger partial charge on any atom is 0.340 e. The third-order valence-corrected chi connectivity index (χ3v) is 7.00. The van der Waals surface area contributed by atoms with Gasteiger partial charge in [-0.25, -0.2) is 9.59 Å². The molecule has 43 heavy (non-hydrogen) atoms. The molecule has 2 heterocycles. The van der Waals surface area contributed by atoms with Crippen molar-refractivity contribution in [1.29, 1.82) is 0 Å². The molecule has 0 fully saturated rings. The monoisotopic (exact) mass is 610 g/mol. The highest BCUT2D eigenvalue weighted by molar-refractivity contribution is 7.80. The van der Waals surface area contributed by atoms with Gasteiger partial charge >= 0.3 is 11.9 Å². The van der Waals surface area contributed by atoms with Crippen LogP contribution in [-0.4, -0.2) is 80.6 Å². The summed E-state index contributed by atoms with van der Waals surface area (Å²) in [4.78, 5) is 24.2. The van der Waals surface area contributed by atoms with Gasteiger partial charge in [0, 0.05) is 41.1 Å². The molecule has 13 heteroatoms. The fraction of sp³-hybridized carbons (Fsp3) is 0.300. The summed E-state index contributed by atoms with van der Waals surface area (Å²) in [6.07, 6.45) is 0. The lowest BCUT2D eigenvalue weighted by Crippen LogP contribution is -2.33. The Morgan fingerprint density at radius 2 is 1.47 bits per heavy atom. The van der Waals surface area contributed by atoms with Crippen LogP contribution in [0.25, 0.3) is 0 Å². The number of fused-ring (bicyclic) bond motifs is 6. The Morgan fingerprint density at radius 3 is 2.12 bits per heavy atom. The van der Waals surface area contributed by atoms with Crippen molar-refractivity contribution in [2.24, 2.45) is 0 Å². The van der Waals surface area contributed by atoms with E-state index >= 15 is 0 Å². The van der Waals surface area contributed by atoms with Gasteiger partial charge in [-0.3, -0.25) is 0 Å². The molecule has 0 saturated carbocycles. The van der Waals surface area contributed by atoms with E-state index in [1.54, 1.807) is 30.3 Å². The molecular formula is C30H30N2O10S. The van der Waals surface area contributed by atoms with Crippen molar-refractivity contribution in [3.05, 3.63) is 76.9 Å². The van der Waals surface area contributed by atoms with Crippen molar-refractivity contribution in [3.8, 4) is 23.0 Å². The first-order valence-electron chi connectivity index (χ1n) is 13.4. The molecule has 0 atom stereocenters. The van der Waals surface area contributed by atoms with Gasteiger partial charge in [-0.15, -0.1) is 0 Å². The molecule has 0 bridgehead atoms. The molecule has 0 aromatic heterocycles. The second kappa shape index (κ2) is 13.3. The SMILES string of the molecule is COC(=O)COCCOCCOCCNC(=S)Nc1ccc2c(c1)C(=O)OC21c2ccc(O)cc2Oc2cc(O)ccc21. The van der Waals surface area contributed by atoms with Crippen molar-refractivity contribution in [3.63, 3.8) is 0 Å². The Labute approximate surface area is 252 Å². The van der Waals surface area contributed by atoms with Crippen molar-refractivity contribution < 1.29 is 48.2 Å². The van der Waals surface area contributed by atoms with Crippen molar-refractivity contribution in [2.45, 2.75) is 5.60 Å². The van der Waals surface area contributed by atoms with E-state index < -0.39 is 17.5 Å². The van der Waals surface area contributed by atoms with Gasteiger partial charge in [-0.05, 0) is 48.6 Å². The number of phenolic OH excluding ortho intramolecular Hbond substituents is 2. The maximum absolute atomic E-state index is 13.3. The van der Waals surface area contributed by atoms with Crippen molar-refractivity contribution >= 4 is 35.0 Å². The number of esters is 2. The molecule has 0 saturated heterocycles. The second-order valence-corrected chi connectivity index (χ2v) is 9.94. The molecule has 12 nitrogen and oxygen atoms in total. The number of carbonyl (C=O) groups excluding carboxylic acids is 2. The number of hydrogen-bond donors (Lipinski definition) is 4. The van der Waals surface area contributed by atoms with Crippen molar-refractivity contribution in [2.75, 3.05) is 58.6 Å². The molecule has 226 valence electrons. The maximum atomic E-state index is 13.3. The Kier molecular flexibility index (Phi) is 9.26. The number of nitrogens with one attached hydrogen (secondary N) is 2. The molecule has 3 aromatic carbocycles. The number of hydrogen-bond acceptors (Lipinski definition) is 11. The molecule has 0 radical (unpaired) electrons. The molecule has 0 unspecified atom stereocenters.